The maximum atomic E-state index is 13.1. The number of thiophene rings is 1. The highest BCUT2D eigenvalue weighted by Crippen LogP contribution is 2.31. The Morgan fingerprint density at radius 1 is 1.46 bits per heavy atom. The second-order valence-corrected chi connectivity index (χ2v) is 5.43. The highest BCUT2D eigenvalue weighted by Gasteiger charge is 2.07. The highest BCUT2D eigenvalue weighted by molar-refractivity contribution is 14.1. The first-order valence-electron chi connectivity index (χ1n) is 3.65. The van der Waals surface area contributed by atoms with E-state index in [0.29, 0.717) is 0 Å². The largest absolute Gasteiger partial charge is 0.206 e. The Morgan fingerprint density at radius 3 is 2.92 bits per heavy atom. The molecule has 13 heavy (non-hydrogen) atoms. The number of fused-ring (bicyclic) bond motifs is 1. The van der Waals surface area contributed by atoms with Gasteiger partial charge < -0.3 is 0 Å². The van der Waals surface area contributed by atoms with Gasteiger partial charge >= 0.3 is 0 Å². The fraction of sp³-hybridized carbons (Fsp3) is 0.111. The van der Waals surface area contributed by atoms with E-state index in [4.69, 9.17) is 0 Å². The zero-order chi connectivity index (χ0) is 9.42. The molecule has 68 valence electrons. The molecule has 0 aliphatic carbocycles. The minimum atomic E-state index is -0.132. The van der Waals surface area contributed by atoms with Crippen molar-refractivity contribution in [2.75, 3.05) is 0 Å². The van der Waals surface area contributed by atoms with Crippen molar-refractivity contribution in [2.24, 2.45) is 0 Å². The van der Waals surface area contributed by atoms with Crippen molar-refractivity contribution in [3.05, 3.63) is 32.5 Å². The lowest BCUT2D eigenvalue weighted by Crippen LogP contribution is -1.79. The molecule has 0 atom stereocenters. The monoisotopic (exact) mass is 370 g/mol. The van der Waals surface area contributed by atoms with Crippen LogP contribution in [0.2, 0.25) is 0 Å². The van der Waals surface area contributed by atoms with Crippen LogP contribution in [0.3, 0.4) is 0 Å². The summed E-state index contributed by atoms with van der Waals surface area (Å²) < 4.78 is 15.0. The minimum absolute atomic E-state index is 0.132. The van der Waals surface area contributed by atoms with E-state index in [9.17, 15) is 4.39 Å². The molecule has 0 amide bonds. The van der Waals surface area contributed by atoms with Crippen molar-refractivity contribution in [1.29, 1.82) is 0 Å². The molecule has 0 unspecified atom stereocenters. The summed E-state index contributed by atoms with van der Waals surface area (Å²) in [4.78, 5) is 1.23. The second kappa shape index (κ2) is 3.82. The molecule has 0 aliphatic heterocycles. The van der Waals surface area contributed by atoms with Gasteiger partial charge in [0.2, 0.25) is 0 Å². The topological polar surface area (TPSA) is 0 Å². The fourth-order valence-electron chi connectivity index (χ4n) is 1.17. The molecule has 2 rings (SSSR count). The van der Waals surface area contributed by atoms with Gasteiger partial charge in [0.1, 0.15) is 5.82 Å². The number of benzene rings is 1. The smallest absolute Gasteiger partial charge is 0.137 e. The molecule has 2 aromatic rings. The van der Waals surface area contributed by atoms with Crippen LogP contribution in [0.1, 0.15) is 4.88 Å². The van der Waals surface area contributed by atoms with Crippen molar-refractivity contribution in [3.63, 3.8) is 0 Å². The van der Waals surface area contributed by atoms with Crippen LogP contribution in [0.25, 0.3) is 10.1 Å². The molecule has 0 spiro atoms. The summed E-state index contributed by atoms with van der Waals surface area (Å²) in [5.74, 6) is -0.132. The molecule has 0 bridgehead atoms. The minimum Gasteiger partial charge on any atom is -0.206 e. The summed E-state index contributed by atoms with van der Waals surface area (Å²) in [5, 5.41) is 1.87. The second-order valence-electron chi connectivity index (χ2n) is 2.62. The first kappa shape index (κ1) is 9.86. The SMILES string of the molecule is Fc1ccc2sc(CBr)cc2c1I. The summed E-state index contributed by atoms with van der Waals surface area (Å²) in [6.07, 6.45) is 0. The lowest BCUT2D eigenvalue weighted by atomic mass is 10.2. The van der Waals surface area contributed by atoms with Crippen molar-refractivity contribution in [3.8, 4) is 0 Å². The molecular formula is C9H5BrFIS. The third-order valence-electron chi connectivity index (χ3n) is 1.77. The van der Waals surface area contributed by atoms with Crippen LogP contribution in [-0.2, 0) is 5.33 Å². The van der Waals surface area contributed by atoms with Crippen LogP contribution in [0.4, 0.5) is 4.39 Å². The Bertz CT molecular complexity index is 452. The van der Waals surface area contributed by atoms with Crippen LogP contribution >= 0.6 is 49.9 Å². The van der Waals surface area contributed by atoms with Gasteiger partial charge in [0.05, 0.1) is 3.57 Å². The van der Waals surface area contributed by atoms with Gasteiger partial charge in [-0.2, -0.15) is 0 Å². The number of hydrogen-bond acceptors (Lipinski definition) is 1. The Labute approximate surface area is 101 Å². The maximum Gasteiger partial charge on any atom is 0.137 e. The molecule has 0 saturated heterocycles. The number of halogens is 3. The zero-order valence-electron chi connectivity index (χ0n) is 6.48. The third-order valence-corrected chi connectivity index (χ3v) is 4.94. The average Bonchev–Trinajstić information content (AvgIpc) is 2.55. The molecule has 1 aromatic carbocycles. The van der Waals surface area contributed by atoms with Crippen molar-refractivity contribution < 1.29 is 4.39 Å². The lowest BCUT2D eigenvalue weighted by Gasteiger charge is -1.94. The molecule has 0 nitrogen and oxygen atoms in total. The molecule has 4 heteroatoms. The van der Waals surface area contributed by atoms with Gasteiger partial charge in [0.15, 0.2) is 0 Å². The standard InChI is InChI=1S/C9H5BrFIS/c10-4-5-3-6-8(13-5)2-1-7(11)9(6)12/h1-3H,4H2. The molecule has 0 radical (unpaired) electrons. The molecule has 1 aromatic heterocycles. The van der Waals surface area contributed by atoms with Gasteiger partial charge in [0, 0.05) is 20.3 Å². The van der Waals surface area contributed by atoms with Crippen molar-refractivity contribution in [2.45, 2.75) is 5.33 Å². The van der Waals surface area contributed by atoms with Crippen molar-refractivity contribution in [1.82, 2.24) is 0 Å². The summed E-state index contributed by atoms with van der Waals surface area (Å²) in [5.41, 5.74) is 0. The van der Waals surface area contributed by atoms with Gasteiger partial charge in [0.25, 0.3) is 0 Å². The van der Waals surface area contributed by atoms with E-state index in [-0.39, 0.29) is 5.82 Å². The molecular weight excluding hydrogens is 366 g/mol. The molecule has 0 fully saturated rings. The van der Waals surface area contributed by atoms with Crippen molar-refractivity contribution >= 4 is 59.9 Å². The number of rotatable bonds is 1. The predicted molar refractivity (Wildman–Crippen MR) is 67.1 cm³/mol. The quantitative estimate of drug-likeness (QED) is 0.510. The van der Waals surface area contributed by atoms with Crippen LogP contribution in [0.15, 0.2) is 18.2 Å². The molecule has 0 aliphatic rings. The van der Waals surface area contributed by atoms with E-state index in [1.807, 2.05) is 34.7 Å². The van der Waals surface area contributed by atoms with Gasteiger partial charge in [-0.05, 0) is 40.8 Å². The fourth-order valence-corrected chi connectivity index (χ4v) is 3.40. The summed E-state index contributed by atoms with van der Waals surface area (Å²) in [6.45, 7) is 0. The number of hydrogen-bond donors (Lipinski definition) is 0. The van der Waals surface area contributed by atoms with Crippen LogP contribution < -0.4 is 0 Å². The average molecular weight is 371 g/mol. The van der Waals surface area contributed by atoms with E-state index in [0.717, 1.165) is 19.0 Å². The Morgan fingerprint density at radius 2 is 2.23 bits per heavy atom. The summed E-state index contributed by atoms with van der Waals surface area (Å²) in [7, 11) is 0. The Kier molecular flexibility index (Phi) is 2.90. The highest BCUT2D eigenvalue weighted by atomic mass is 127. The molecule has 1 heterocycles. The normalized spacial score (nSPS) is 11.0. The van der Waals surface area contributed by atoms with E-state index < -0.39 is 0 Å². The first-order valence-corrected chi connectivity index (χ1v) is 6.66. The third kappa shape index (κ3) is 1.76. The van der Waals surface area contributed by atoms with Crippen LogP contribution in [0.5, 0.6) is 0 Å². The van der Waals surface area contributed by atoms with Gasteiger partial charge in [-0.1, -0.05) is 15.9 Å². The Hall–Kier alpha value is 0.320. The number of alkyl halides is 1. The maximum absolute atomic E-state index is 13.1. The van der Waals surface area contributed by atoms with Crippen LogP contribution in [0, 0.1) is 9.39 Å². The predicted octanol–water partition coefficient (Wildman–Crippen LogP) is 4.54. The van der Waals surface area contributed by atoms with Gasteiger partial charge in [-0.25, -0.2) is 4.39 Å². The summed E-state index contributed by atoms with van der Waals surface area (Å²) in [6, 6.07) is 5.40. The van der Waals surface area contributed by atoms with Gasteiger partial charge in [-0.3, -0.25) is 0 Å². The first-order chi connectivity index (χ1) is 6.22. The van der Waals surface area contributed by atoms with E-state index in [1.54, 1.807) is 11.3 Å². The Balaban J connectivity index is 2.76. The molecule has 0 saturated carbocycles. The van der Waals surface area contributed by atoms with Gasteiger partial charge in [-0.15, -0.1) is 11.3 Å². The zero-order valence-corrected chi connectivity index (χ0v) is 11.0. The lowest BCUT2D eigenvalue weighted by molar-refractivity contribution is 0.623. The van der Waals surface area contributed by atoms with E-state index in [2.05, 4.69) is 15.9 Å². The summed E-state index contributed by atoms with van der Waals surface area (Å²) >= 11 is 7.14. The van der Waals surface area contributed by atoms with E-state index in [1.165, 1.54) is 10.9 Å². The molecule has 0 N–H and O–H groups in total. The van der Waals surface area contributed by atoms with E-state index >= 15 is 0 Å². The van der Waals surface area contributed by atoms with Crippen LogP contribution in [-0.4, -0.2) is 0 Å².